The van der Waals surface area contributed by atoms with Crippen molar-refractivity contribution in [3.05, 3.63) is 23.8 Å². The molecule has 4 nitrogen and oxygen atoms in total. The first-order valence-electron chi connectivity index (χ1n) is 3.69. The van der Waals surface area contributed by atoms with Gasteiger partial charge in [-0.1, -0.05) is 0 Å². The molecular formula is C8H12N2O2. The molecule has 1 rings (SSSR count). The maximum atomic E-state index is 9.38. The van der Waals surface area contributed by atoms with E-state index in [0.29, 0.717) is 5.69 Å². The fraction of sp³-hybridized carbons (Fsp3) is 0.500. The van der Waals surface area contributed by atoms with E-state index in [2.05, 4.69) is 9.97 Å². The van der Waals surface area contributed by atoms with E-state index in [-0.39, 0.29) is 6.61 Å². The Morgan fingerprint density at radius 1 is 1.50 bits per heavy atom. The van der Waals surface area contributed by atoms with Gasteiger partial charge in [-0.3, -0.25) is 9.97 Å². The van der Waals surface area contributed by atoms with Crippen molar-refractivity contribution in [1.82, 2.24) is 9.97 Å². The molecule has 0 aliphatic carbocycles. The normalized spacial score (nSPS) is 12.9. The molecule has 66 valence electrons. The third-order valence-electron chi connectivity index (χ3n) is 1.47. The van der Waals surface area contributed by atoms with E-state index in [4.69, 9.17) is 4.74 Å². The Bertz CT molecular complexity index is 235. The van der Waals surface area contributed by atoms with Gasteiger partial charge in [0.25, 0.3) is 0 Å². The van der Waals surface area contributed by atoms with Crippen LogP contribution >= 0.6 is 0 Å². The van der Waals surface area contributed by atoms with Crippen LogP contribution in [0, 0.1) is 6.92 Å². The summed E-state index contributed by atoms with van der Waals surface area (Å²) in [6.07, 6.45) is 2.50. The van der Waals surface area contributed by atoms with Crippen LogP contribution in [0.1, 0.15) is 17.5 Å². The molecule has 1 aromatic heterocycles. The SMILES string of the molecule is COCC(O)c1cnc(C)cn1. The minimum absolute atomic E-state index is 0.248. The Morgan fingerprint density at radius 3 is 2.75 bits per heavy atom. The molecule has 12 heavy (non-hydrogen) atoms. The van der Waals surface area contributed by atoms with Crippen molar-refractivity contribution >= 4 is 0 Å². The van der Waals surface area contributed by atoms with Crippen molar-refractivity contribution in [2.45, 2.75) is 13.0 Å². The van der Waals surface area contributed by atoms with Gasteiger partial charge in [-0.15, -0.1) is 0 Å². The lowest BCUT2D eigenvalue weighted by Gasteiger charge is -2.07. The molecule has 0 aliphatic rings. The number of rotatable bonds is 3. The van der Waals surface area contributed by atoms with Gasteiger partial charge in [0.15, 0.2) is 0 Å². The molecule has 0 aromatic carbocycles. The highest BCUT2D eigenvalue weighted by atomic mass is 16.5. The van der Waals surface area contributed by atoms with Gasteiger partial charge in [0, 0.05) is 13.3 Å². The molecule has 0 amide bonds. The number of hydrogen-bond donors (Lipinski definition) is 1. The second-order valence-corrected chi connectivity index (χ2v) is 2.55. The van der Waals surface area contributed by atoms with Crippen molar-refractivity contribution in [2.75, 3.05) is 13.7 Å². The molecule has 0 bridgehead atoms. The first kappa shape index (κ1) is 9.09. The Kier molecular flexibility index (Phi) is 3.13. The van der Waals surface area contributed by atoms with E-state index in [9.17, 15) is 5.11 Å². The van der Waals surface area contributed by atoms with Crippen LogP contribution in [0.4, 0.5) is 0 Å². The van der Waals surface area contributed by atoms with Crippen molar-refractivity contribution < 1.29 is 9.84 Å². The van der Waals surface area contributed by atoms with Crippen molar-refractivity contribution in [3.63, 3.8) is 0 Å². The van der Waals surface area contributed by atoms with Crippen LogP contribution in [0.5, 0.6) is 0 Å². The lowest BCUT2D eigenvalue weighted by molar-refractivity contribution is 0.0614. The topological polar surface area (TPSA) is 55.2 Å². The molecule has 1 N–H and O–H groups in total. The standard InChI is InChI=1S/C8H12N2O2/c1-6-3-10-7(4-9-6)8(11)5-12-2/h3-4,8,11H,5H2,1-2H3. The van der Waals surface area contributed by atoms with Gasteiger partial charge >= 0.3 is 0 Å². The van der Waals surface area contributed by atoms with Crippen LogP contribution < -0.4 is 0 Å². The van der Waals surface area contributed by atoms with Gasteiger partial charge in [0.1, 0.15) is 6.10 Å². The van der Waals surface area contributed by atoms with E-state index in [1.807, 2.05) is 6.92 Å². The van der Waals surface area contributed by atoms with Gasteiger partial charge in [-0.25, -0.2) is 0 Å². The Balaban J connectivity index is 2.68. The third kappa shape index (κ3) is 2.25. The van der Waals surface area contributed by atoms with E-state index in [1.165, 1.54) is 7.11 Å². The first-order valence-corrected chi connectivity index (χ1v) is 3.69. The molecule has 1 aromatic rings. The molecule has 0 spiro atoms. The minimum atomic E-state index is -0.678. The number of aliphatic hydroxyl groups is 1. The van der Waals surface area contributed by atoms with E-state index in [0.717, 1.165) is 5.69 Å². The Morgan fingerprint density at radius 2 is 2.25 bits per heavy atom. The molecule has 0 radical (unpaired) electrons. The fourth-order valence-corrected chi connectivity index (χ4v) is 0.818. The van der Waals surface area contributed by atoms with Gasteiger partial charge in [0.05, 0.1) is 24.2 Å². The highest BCUT2D eigenvalue weighted by Gasteiger charge is 2.07. The molecule has 4 heteroatoms. The molecule has 0 fully saturated rings. The summed E-state index contributed by atoms with van der Waals surface area (Å²) in [6, 6.07) is 0. The lowest BCUT2D eigenvalue weighted by atomic mass is 10.3. The number of aromatic nitrogens is 2. The predicted molar refractivity (Wildman–Crippen MR) is 43.6 cm³/mol. The highest BCUT2D eigenvalue weighted by molar-refractivity contribution is 5.03. The van der Waals surface area contributed by atoms with Gasteiger partial charge in [0.2, 0.25) is 0 Å². The van der Waals surface area contributed by atoms with E-state index in [1.54, 1.807) is 12.4 Å². The van der Waals surface area contributed by atoms with E-state index < -0.39 is 6.10 Å². The largest absolute Gasteiger partial charge is 0.384 e. The number of methoxy groups -OCH3 is 1. The predicted octanol–water partition coefficient (Wildman–Crippen LogP) is 0.465. The van der Waals surface area contributed by atoms with Crippen LogP contribution in [0.3, 0.4) is 0 Å². The Hall–Kier alpha value is -1.00. The van der Waals surface area contributed by atoms with Crippen LogP contribution in [0.15, 0.2) is 12.4 Å². The summed E-state index contributed by atoms with van der Waals surface area (Å²) < 4.78 is 4.77. The highest BCUT2D eigenvalue weighted by Crippen LogP contribution is 2.07. The quantitative estimate of drug-likeness (QED) is 0.712. The molecule has 0 saturated carbocycles. The van der Waals surface area contributed by atoms with Crippen LogP contribution in [0.25, 0.3) is 0 Å². The van der Waals surface area contributed by atoms with E-state index >= 15 is 0 Å². The summed E-state index contributed by atoms with van der Waals surface area (Å²) in [5.74, 6) is 0. The summed E-state index contributed by atoms with van der Waals surface area (Å²) in [7, 11) is 1.53. The van der Waals surface area contributed by atoms with Gasteiger partial charge < -0.3 is 9.84 Å². The second kappa shape index (κ2) is 4.13. The van der Waals surface area contributed by atoms with Crippen molar-refractivity contribution in [1.29, 1.82) is 0 Å². The lowest BCUT2D eigenvalue weighted by Crippen LogP contribution is -2.07. The molecule has 0 aliphatic heterocycles. The fourth-order valence-electron chi connectivity index (χ4n) is 0.818. The maximum Gasteiger partial charge on any atom is 0.121 e. The average Bonchev–Trinajstić information content (AvgIpc) is 2.06. The number of ether oxygens (including phenoxy) is 1. The second-order valence-electron chi connectivity index (χ2n) is 2.55. The average molecular weight is 168 g/mol. The molecular weight excluding hydrogens is 156 g/mol. The zero-order valence-corrected chi connectivity index (χ0v) is 7.19. The third-order valence-corrected chi connectivity index (χ3v) is 1.47. The van der Waals surface area contributed by atoms with Crippen molar-refractivity contribution in [2.24, 2.45) is 0 Å². The summed E-state index contributed by atoms with van der Waals surface area (Å²) in [4.78, 5) is 8.01. The summed E-state index contributed by atoms with van der Waals surface area (Å²) >= 11 is 0. The number of aliphatic hydroxyl groups excluding tert-OH is 1. The molecule has 1 unspecified atom stereocenters. The van der Waals surface area contributed by atoms with Crippen LogP contribution in [0.2, 0.25) is 0 Å². The minimum Gasteiger partial charge on any atom is -0.384 e. The van der Waals surface area contributed by atoms with Crippen molar-refractivity contribution in [3.8, 4) is 0 Å². The zero-order chi connectivity index (χ0) is 8.97. The van der Waals surface area contributed by atoms with Crippen LogP contribution in [-0.4, -0.2) is 28.8 Å². The summed E-state index contributed by atoms with van der Waals surface area (Å²) in [6.45, 7) is 2.09. The maximum absolute atomic E-state index is 9.38. The smallest absolute Gasteiger partial charge is 0.121 e. The van der Waals surface area contributed by atoms with Gasteiger partial charge in [-0.2, -0.15) is 0 Å². The van der Waals surface area contributed by atoms with Crippen LogP contribution in [-0.2, 0) is 4.74 Å². The molecule has 1 heterocycles. The number of hydrogen-bond acceptors (Lipinski definition) is 4. The number of nitrogens with zero attached hydrogens (tertiary/aromatic N) is 2. The first-order chi connectivity index (χ1) is 5.74. The summed E-state index contributed by atoms with van der Waals surface area (Å²) in [5, 5.41) is 9.38. The number of aryl methyl sites for hydroxylation is 1. The van der Waals surface area contributed by atoms with Gasteiger partial charge in [-0.05, 0) is 6.92 Å². The zero-order valence-electron chi connectivity index (χ0n) is 7.19. The molecule has 0 saturated heterocycles. The monoisotopic (exact) mass is 168 g/mol. The summed E-state index contributed by atoms with van der Waals surface area (Å²) in [5.41, 5.74) is 1.38. The Labute approximate surface area is 71.2 Å². The molecule has 1 atom stereocenters.